The molecule has 96 valence electrons. The molecular formula is C14H21F2N. The van der Waals surface area contributed by atoms with Crippen molar-refractivity contribution in [2.24, 2.45) is 0 Å². The van der Waals surface area contributed by atoms with Crippen LogP contribution < -0.4 is 5.32 Å². The molecule has 0 saturated carbocycles. The summed E-state index contributed by atoms with van der Waals surface area (Å²) >= 11 is 0. The zero-order chi connectivity index (χ0) is 12.7. The standard InChI is InChI=1S/C14H21F2N/c1-3-14(17-4-2)7-5-6-11-8-12(15)10-13(16)9-11/h8-10,14,17H,3-7H2,1-2H3. The van der Waals surface area contributed by atoms with Crippen molar-refractivity contribution in [2.75, 3.05) is 6.54 Å². The second-order valence-corrected chi connectivity index (χ2v) is 4.33. The maximum atomic E-state index is 12.9. The summed E-state index contributed by atoms with van der Waals surface area (Å²) in [6, 6.07) is 4.25. The highest BCUT2D eigenvalue weighted by molar-refractivity contribution is 5.17. The van der Waals surface area contributed by atoms with Gasteiger partial charge in [0, 0.05) is 12.1 Å². The first-order chi connectivity index (χ1) is 8.15. The van der Waals surface area contributed by atoms with E-state index in [1.54, 1.807) is 0 Å². The zero-order valence-electron chi connectivity index (χ0n) is 10.6. The Morgan fingerprint density at radius 3 is 2.29 bits per heavy atom. The van der Waals surface area contributed by atoms with Crippen LogP contribution in [-0.2, 0) is 6.42 Å². The SMILES string of the molecule is CCNC(CC)CCCc1cc(F)cc(F)c1. The molecule has 0 saturated heterocycles. The molecule has 1 unspecified atom stereocenters. The largest absolute Gasteiger partial charge is 0.314 e. The van der Waals surface area contributed by atoms with E-state index in [9.17, 15) is 8.78 Å². The van der Waals surface area contributed by atoms with Gasteiger partial charge in [-0.2, -0.15) is 0 Å². The van der Waals surface area contributed by atoms with E-state index in [1.165, 1.54) is 12.1 Å². The van der Waals surface area contributed by atoms with Crippen LogP contribution in [-0.4, -0.2) is 12.6 Å². The molecule has 0 aliphatic heterocycles. The summed E-state index contributed by atoms with van der Waals surface area (Å²) in [5.74, 6) is -0.975. The summed E-state index contributed by atoms with van der Waals surface area (Å²) in [6.07, 6.45) is 3.82. The van der Waals surface area contributed by atoms with Crippen molar-refractivity contribution in [1.82, 2.24) is 5.32 Å². The first-order valence-electron chi connectivity index (χ1n) is 6.34. The maximum Gasteiger partial charge on any atom is 0.126 e. The van der Waals surface area contributed by atoms with E-state index < -0.39 is 11.6 Å². The lowest BCUT2D eigenvalue weighted by molar-refractivity contribution is 0.466. The number of aryl methyl sites for hydroxylation is 1. The average Bonchev–Trinajstić information content (AvgIpc) is 2.26. The lowest BCUT2D eigenvalue weighted by Gasteiger charge is -2.15. The lowest BCUT2D eigenvalue weighted by Crippen LogP contribution is -2.28. The first-order valence-corrected chi connectivity index (χ1v) is 6.34. The normalized spacial score (nSPS) is 12.7. The monoisotopic (exact) mass is 241 g/mol. The fourth-order valence-electron chi connectivity index (χ4n) is 2.05. The molecular weight excluding hydrogens is 220 g/mol. The Hall–Kier alpha value is -0.960. The van der Waals surface area contributed by atoms with Gasteiger partial charge in [0.15, 0.2) is 0 Å². The van der Waals surface area contributed by atoms with Crippen molar-refractivity contribution < 1.29 is 8.78 Å². The third-order valence-electron chi connectivity index (χ3n) is 2.93. The van der Waals surface area contributed by atoms with Crippen LogP contribution in [0.25, 0.3) is 0 Å². The number of hydrogen-bond acceptors (Lipinski definition) is 1. The predicted octanol–water partition coefficient (Wildman–Crippen LogP) is 3.68. The fraction of sp³-hybridized carbons (Fsp3) is 0.571. The van der Waals surface area contributed by atoms with Gasteiger partial charge in [0.25, 0.3) is 0 Å². The van der Waals surface area contributed by atoms with Gasteiger partial charge < -0.3 is 5.32 Å². The topological polar surface area (TPSA) is 12.0 Å². The Balaban J connectivity index is 2.39. The molecule has 3 heteroatoms. The Morgan fingerprint density at radius 2 is 1.76 bits per heavy atom. The molecule has 1 N–H and O–H groups in total. The van der Waals surface area contributed by atoms with E-state index in [0.717, 1.165) is 43.9 Å². The van der Waals surface area contributed by atoms with Gasteiger partial charge in [-0.1, -0.05) is 13.8 Å². The molecule has 1 aromatic rings. The molecule has 0 fully saturated rings. The van der Waals surface area contributed by atoms with Crippen LogP contribution in [0.2, 0.25) is 0 Å². The van der Waals surface area contributed by atoms with Crippen molar-refractivity contribution >= 4 is 0 Å². The van der Waals surface area contributed by atoms with Gasteiger partial charge >= 0.3 is 0 Å². The summed E-state index contributed by atoms with van der Waals surface area (Å²) in [7, 11) is 0. The van der Waals surface area contributed by atoms with E-state index in [2.05, 4.69) is 19.2 Å². The lowest BCUT2D eigenvalue weighted by atomic mass is 10.0. The van der Waals surface area contributed by atoms with Crippen LogP contribution in [0.15, 0.2) is 18.2 Å². The van der Waals surface area contributed by atoms with E-state index >= 15 is 0 Å². The smallest absolute Gasteiger partial charge is 0.126 e. The molecule has 0 aliphatic carbocycles. The predicted molar refractivity (Wildman–Crippen MR) is 67.1 cm³/mol. The highest BCUT2D eigenvalue weighted by Crippen LogP contribution is 2.12. The summed E-state index contributed by atoms with van der Waals surface area (Å²) < 4.78 is 25.9. The fourth-order valence-corrected chi connectivity index (χ4v) is 2.05. The second kappa shape index (κ2) is 7.38. The van der Waals surface area contributed by atoms with Gasteiger partial charge in [-0.3, -0.25) is 0 Å². The minimum Gasteiger partial charge on any atom is -0.314 e. The number of nitrogens with one attached hydrogen (secondary N) is 1. The van der Waals surface area contributed by atoms with Crippen molar-refractivity contribution in [3.63, 3.8) is 0 Å². The van der Waals surface area contributed by atoms with Crippen molar-refractivity contribution in [2.45, 2.75) is 45.6 Å². The zero-order valence-corrected chi connectivity index (χ0v) is 10.6. The highest BCUT2D eigenvalue weighted by atomic mass is 19.1. The quantitative estimate of drug-likeness (QED) is 0.768. The Labute approximate surface area is 102 Å². The molecule has 0 bridgehead atoms. The van der Waals surface area contributed by atoms with E-state index in [-0.39, 0.29) is 0 Å². The molecule has 17 heavy (non-hydrogen) atoms. The van der Waals surface area contributed by atoms with Gasteiger partial charge in [0.2, 0.25) is 0 Å². The minimum atomic E-state index is -0.487. The summed E-state index contributed by atoms with van der Waals surface area (Å²) in [6.45, 7) is 5.20. The summed E-state index contributed by atoms with van der Waals surface area (Å²) in [5, 5.41) is 3.39. The highest BCUT2D eigenvalue weighted by Gasteiger charge is 2.05. The van der Waals surface area contributed by atoms with Crippen LogP contribution in [0.4, 0.5) is 8.78 Å². The van der Waals surface area contributed by atoms with Gasteiger partial charge in [-0.25, -0.2) is 8.78 Å². The number of rotatable bonds is 7. The Morgan fingerprint density at radius 1 is 1.12 bits per heavy atom. The summed E-state index contributed by atoms with van der Waals surface area (Å²) in [5.41, 5.74) is 0.744. The third-order valence-corrected chi connectivity index (χ3v) is 2.93. The summed E-state index contributed by atoms with van der Waals surface area (Å²) in [4.78, 5) is 0. The first kappa shape index (κ1) is 14.1. The number of halogens is 2. The maximum absolute atomic E-state index is 12.9. The Kier molecular flexibility index (Phi) is 6.12. The molecule has 0 aliphatic rings. The van der Waals surface area contributed by atoms with Crippen LogP contribution in [0.5, 0.6) is 0 Å². The van der Waals surface area contributed by atoms with Crippen LogP contribution in [0, 0.1) is 11.6 Å². The number of benzene rings is 1. The molecule has 1 nitrogen and oxygen atoms in total. The van der Waals surface area contributed by atoms with E-state index in [0.29, 0.717) is 6.04 Å². The minimum absolute atomic E-state index is 0.487. The third kappa shape index (κ3) is 5.26. The van der Waals surface area contributed by atoms with Crippen molar-refractivity contribution in [1.29, 1.82) is 0 Å². The van der Waals surface area contributed by atoms with Gasteiger partial charge in [0.05, 0.1) is 0 Å². The molecule has 1 rings (SSSR count). The molecule has 1 aromatic carbocycles. The van der Waals surface area contributed by atoms with Crippen LogP contribution >= 0.6 is 0 Å². The molecule has 0 aromatic heterocycles. The Bertz CT molecular complexity index is 319. The molecule has 0 heterocycles. The molecule has 0 amide bonds. The average molecular weight is 241 g/mol. The van der Waals surface area contributed by atoms with E-state index in [4.69, 9.17) is 0 Å². The van der Waals surface area contributed by atoms with Crippen molar-refractivity contribution in [3.05, 3.63) is 35.4 Å². The molecule has 0 radical (unpaired) electrons. The van der Waals surface area contributed by atoms with E-state index in [1.807, 2.05) is 0 Å². The molecule has 1 atom stereocenters. The second-order valence-electron chi connectivity index (χ2n) is 4.33. The van der Waals surface area contributed by atoms with Gasteiger partial charge in [0.1, 0.15) is 11.6 Å². The van der Waals surface area contributed by atoms with Crippen LogP contribution in [0.1, 0.15) is 38.7 Å². The van der Waals surface area contributed by atoms with Gasteiger partial charge in [-0.05, 0) is 49.9 Å². The van der Waals surface area contributed by atoms with Crippen molar-refractivity contribution in [3.8, 4) is 0 Å². The number of hydrogen-bond donors (Lipinski definition) is 1. The van der Waals surface area contributed by atoms with Crippen LogP contribution in [0.3, 0.4) is 0 Å². The van der Waals surface area contributed by atoms with Gasteiger partial charge in [-0.15, -0.1) is 0 Å². The molecule has 0 spiro atoms.